The quantitative estimate of drug-likeness (QED) is 0.285. The zero-order chi connectivity index (χ0) is 41.4. The van der Waals surface area contributed by atoms with E-state index in [1.54, 1.807) is 19.2 Å². The van der Waals surface area contributed by atoms with Crippen molar-refractivity contribution in [2.24, 2.45) is 17.8 Å². The van der Waals surface area contributed by atoms with Crippen LogP contribution in [-0.2, 0) is 29.1 Å². The summed E-state index contributed by atoms with van der Waals surface area (Å²) in [5, 5.41) is 5.62. The van der Waals surface area contributed by atoms with Crippen molar-refractivity contribution in [2.45, 2.75) is 101 Å². The average molecular weight is 820 g/mol. The molecule has 1 saturated heterocycles. The number of alkyl carbamates (subject to hydrolysis) is 1. The van der Waals surface area contributed by atoms with Crippen LogP contribution in [0.1, 0.15) is 77.2 Å². The number of nitrogens with zero attached hydrogens (tertiary/aromatic N) is 2. The highest BCUT2D eigenvalue weighted by Crippen LogP contribution is 2.50. The lowest BCUT2D eigenvalue weighted by Gasteiger charge is -2.34. The summed E-state index contributed by atoms with van der Waals surface area (Å²) < 4.78 is 51.8. The van der Waals surface area contributed by atoms with E-state index >= 15 is 0 Å². The molecular weight excluding hydrogens is 767 g/mol. The molecule has 3 heterocycles. The maximum atomic E-state index is 14.9. The maximum absolute atomic E-state index is 14.9. The van der Waals surface area contributed by atoms with Crippen LogP contribution in [0.3, 0.4) is 0 Å². The number of pyridine rings is 1. The Balaban J connectivity index is 1.28. The lowest BCUT2D eigenvalue weighted by Crippen LogP contribution is -2.59. The van der Waals surface area contributed by atoms with Gasteiger partial charge in [0.1, 0.15) is 29.7 Å². The number of carbonyl (C=O) groups excluding carboxylic acids is 4. The minimum Gasteiger partial charge on any atom is -0.496 e. The van der Waals surface area contributed by atoms with E-state index in [0.29, 0.717) is 67.0 Å². The molecule has 1 aromatic heterocycles. The van der Waals surface area contributed by atoms with Crippen LogP contribution in [0.4, 0.5) is 4.79 Å². The van der Waals surface area contributed by atoms with Crippen LogP contribution >= 0.6 is 0 Å². The summed E-state index contributed by atoms with van der Waals surface area (Å²) in [6.45, 7) is 12.0. The van der Waals surface area contributed by atoms with E-state index in [0.717, 1.165) is 24.8 Å². The molecule has 7 rings (SSSR count). The second-order valence-electron chi connectivity index (χ2n) is 16.1. The third-order valence-electron chi connectivity index (χ3n) is 11.9. The molecule has 3 saturated carbocycles. The molecule has 4 fully saturated rings. The monoisotopic (exact) mass is 819 g/mol. The molecule has 4 bridgehead atoms. The van der Waals surface area contributed by atoms with Crippen LogP contribution < -0.4 is 29.6 Å². The fraction of sp³-hybridized carbons (Fsp3) is 0.548. The number of sulfonamides is 1. The third-order valence-corrected chi connectivity index (χ3v) is 13.7. The van der Waals surface area contributed by atoms with Gasteiger partial charge in [-0.2, -0.15) is 0 Å². The second-order valence-corrected chi connectivity index (χ2v) is 18.0. The lowest BCUT2D eigenvalue weighted by molar-refractivity contribution is -0.142. The molecule has 312 valence electrons. The molecule has 3 N–H and O–H groups in total. The third kappa shape index (κ3) is 8.25. The lowest BCUT2D eigenvalue weighted by atomic mass is 9.83. The molecule has 5 aliphatic rings. The number of cyclic esters (lactones) is 1. The minimum atomic E-state index is -3.97. The van der Waals surface area contributed by atoms with Gasteiger partial charge in [-0.25, -0.2) is 18.2 Å². The number of benzene rings is 1. The van der Waals surface area contributed by atoms with Gasteiger partial charge in [-0.3, -0.25) is 19.1 Å². The number of hydrogen-bond donors (Lipinski definition) is 3. The molecule has 0 unspecified atom stereocenters. The van der Waals surface area contributed by atoms with Crippen LogP contribution in [0, 0.1) is 17.8 Å². The number of ether oxygens (including phenoxy) is 4. The van der Waals surface area contributed by atoms with Crippen molar-refractivity contribution in [1.82, 2.24) is 25.2 Å². The zero-order valence-corrected chi connectivity index (χ0v) is 34.1. The Kier molecular flexibility index (Phi) is 11.8. The SMILES string of the molecule is C=C[C@@H]1C(=C)[C@]1(NC(=O)[C@@H]1C[C@@H]2CN1C(=O)[C@H](C1CCCCC1)NC(=O)OC[C@H](C)C/C=C/c1cc3c(cc(OCC)nc3cc1OC)O2)C(=O)NS(=O)(=O)C1CC1. The summed E-state index contributed by atoms with van der Waals surface area (Å²) in [5.74, 6) is -1.87. The summed E-state index contributed by atoms with van der Waals surface area (Å²) in [4.78, 5) is 62.8. The highest BCUT2D eigenvalue weighted by molar-refractivity contribution is 7.91. The van der Waals surface area contributed by atoms with Gasteiger partial charge < -0.3 is 34.5 Å². The molecule has 15 nitrogen and oxygen atoms in total. The van der Waals surface area contributed by atoms with E-state index in [1.165, 1.54) is 11.0 Å². The molecule has 16 heteroatoms. The van der Waals surface area contributed by atoms with Crippen molar-refractivity contribution in [1.29, 1.82) is 0 Å². The molecule has 58 heavy (non-hydrogen) atoms. The smallest absolute Gasteiger partial charge is 0.407 e. The predicted molar refractivity (Wildman–Crippen MR) is 215 cm³/mol. The van der Waals surface area contributed by atoms with Gasteiger partial charge in [0.15, 0.2) is 5.54 Å². The Morgan fingerprint density at radius 2 is 1.90 bits per heavy atom. The molecule has 4 amide bonds. The number of allylic oxidation sites excluding steroid dienone is 1. The van der Waals surface area contributed by atoms with E-state index in [2.05, 4.69) is 28.5 Å². The molecule has 2 aliphatic heterocycles. The van der Waals surface area contributed by atoms with Crippen LogP contribution in [0.2, 0.25) is 0 Å². The van der Waals surface area contributed by atoms with E-state index in [1.807, 2.05) is 32.1 Å². The van der Waals surface area contributed by atoms with E-state index < -0.39 is 68.7 Å². The Hall–Kier alpha value is -5.12. The summed E-state index contributed by atoms with van der Waals surface area (Å²) in [5.41, 5.74) is -0.226. The van der Waals surface area contributed by atoms with Gasteiger partial charge in [0.05, 0.1) is 37.6 Å². The first kappa shape index (κ1) is 41.1. The molecular formula is C42H53N5O10S. The Morgan fingerprint density at radius 1 is 1.14 bits per heavy atom. The molecule has 1 aromatic carbocycles. The van der Waals surface area contributed by atoms with Crippen molar-refractivity contribution < 1.29 is 46.5 Å². The van der Waals surface area contributed by atoms with E-state index in [-0.39, 0.29) is 37.0 Å². The molecule has 0 spiro atoms. The van der Waals surface area contributed by atoms with Crippen LogP contribution in [0.5, 0.6) is 17.4 Å². The van der Waals surface area contributed by atoms with Crippen molar-refractivity contribution in [3.63, 3.8) is 0 Å². The standard InChI is InChI=1S/C42H53N5O10S/c1-6-31-25(4)42(31,40(50)46-58(52,53)29-16-17-29)45-38(48)33-19-28-22-47(33)39(49)37(26-13-9-8-10-14-26)44-41(51)56-23-24(3)12-11-15-27-18-30-32(20-34(27)54-5)43-36(55-7-2)21-35(30)57-28/h6,11,15,18,20-21,24,26,28-29,31,33,37H,1,4,7-10,12-14,16-17,19,22-23H2,2-3,5H3,(H,44,51)(H,45,48)(H,46,50)/b15-11+/t24-,28-,31-,33+,37+,42-/m1/s1. The number of carbonyl (C=O) groups is 4. The number of aromatic nitrogens is 1. The highest BCUT2D eigenvalue weighted by atomic mass is 32.2. The van der Waals surface area contributed by atoms with E-state index in [9.17, 15) is 27.6 Å². The van der Waals surface area contributed by atoms with Crippen molar-refractivity contribution in [3.05, 3.63) is 54.6 Å². The van der Waals surface area contributed by atoms with Crippen molar-refractivity contribution in [3.8, 4) is 17.4 Å². The first-order valence-electron chi connectivity index (χ1n) is 20.2. The van der Waals surface area contributed by atoms with E-state index in [4.69, 9.17) is 23.9 Å². The van der Waals surface area contributed by atoms with Crippen molar-refractivity contribution in [2.75, 3.05) is 26.9 Å². The molecule has 6 atom stereocenters. The number of hydrogen-bond acceptors (Lipinski definition) is 11. The molecule has 0 radical (unpaired) electrons. The molecule has 2 aromatic rings. The second kappa shape index (κ2) is 16.6. The van der Waals surface area contributed by atoms with Gasteiger partial charge in [0.25, 0.3) is 5.91 Å². The summed E-state index contributed by atoms with van der Waals surface area (Å²) in [7, 11) is -2.40. The van der Waals surface area contributed by atoms with Crippen LogP contribution in [-0.4, -0.2) is 98.0 Å². The largest absolute Gasteiger partial charge is 0.496 e. The highest BCUT2D eigenvalue weighted by Gasteiger charge is 2.65. The number of rotatable bonds is 10. The maximum Gasteiger partial charge on any atom is 0.407 e. The summed E-state index contributed by atoms with van der Waals surface area (Å²) in [6, 6.07) is 3.17. The first-order chi connectivity index (χ1) is 27.8. The number of nitrogens with one attached hydrogen (secondary N) is 3. The van der Waals surface area contributed by atoms with Gasteiger partial charge >= 0.3 is 6.09 Å². The predicted octanol–water partition coefficient (Wildman–Crippen LogP) is 4.55. The van der Waals surface area contributed by atoms with Gasteiger partial charge in [-0.05, 0) is 62.5 Å². The fourth-order valence-corrected chi connectivity index (χ4v) is 9.84. The summed E-state index contributed by atoms with van der Waals surface area (Å²) in [6.07, 6.45) is 9.44. The topological polar surface area (TPSA) is 192 Å². The fourth-order valence-electron chi connectivity index (χ4n) is 8.49. The Labute approximate surface area is 339 Å². The average Bonchev–Trinajstić information content (AvgIpc) is 4.11. The number of amides is 4. The Morgan fingerprint density at radius 3 is 2.57 bits per heavy atom. The number of fused-ring (bicyclic) bond motifs is 3. The van der Waals surface area contributed by atoms with Crippen molar-refractivity contribution >= 4 is 50.8 Å². The van der Waals surface area contributed by atoms with Gasteiger partial charge in [-0.1, -0.05) is 51.0 Å². The first-order valence-corrected chi connectivity index (χ1v) is 21.8. The number of methoxy groups -OCH3 is 1. The normalized spacial score (nSPS) is 28.6. The molecule has 3 aliphatic carbocycles. The summed E-state index contributed by atoms with van der Waals surface area (Å²) >= 11 is 0. The van der Waals surface area contributed by atoms with Gasteiger partial charge in [-0.15, -0.1) is 6.58 Å². The zero-order valence-electron chi connectivity index (χ0n) is 33.3. The van der Waals surface area contributed by atoms with Gasteiger partial charge in [0, 0.05) is 35.4 Å². The van der Waals surface area contributed by atoms with Gasteiger partial charge in [0.2, 0.25) is 27.7 Å². The van der Waals surface area contributed by atoms with Crippen LogP contribution in [0.15, 0.2) is 49.1 Å². The minimum absolute atomic E-state index is 0.00305. The van der Waals surface area contributed by atoms with Crippen LogP contribution in [0.25, 0.3) is 17.0 Å². The Bertz CT molecular complexity index is 2130.